The third-order valence-corrected chi connectivity index (χ3v) is 10.3. The standard InChI is InChI=1S/C36H39NO6/c1-21(2)41-32(38)25-11-9-22(10-12-25)20-37-30-8-6-5-7-29(30)35(3,4)31(37)14-13-28-33(39)42-36(43-34(28)40)26-16-23-15-24(18-26)19-27(36)17-23/h5-14,21,23-24,26-27H,15-20H2,1-4H3/b28-13?,31-14+. The molecule has 7 heteroatoms. The molecule has 224 valence electrons. The van der Waals surface area contributed by atoms with Crippen LogP contribution in [-0.2, 0) is 35.8 Å². The minimum Gasteiger partial charge on any atom is -0.459 e. The number of carbonyl (C=O) groups excluding carboxylic acids is 3. The fourth-order valence-corrected chi connectivity index (χ4v) is 8.50. The lowest BCUT2D eigenvalue weighted by molar-refractivity contribution is -0.313. The monoisotopic (exact) mass is 581 g/mol. The van der Waals surface area contributed by atoms with E-state index in [2.05, 4.69) is 30.9 Å². The van der Waals surface area contributed by atoms with Gasteiger partial charge in [-0.2, -0.15) is 0 Å². The number of ether oxygens (including phenoxy) is 3. The van der Waals surface area contributed by atoms with Gasteiger partial charge in [-0.15, -0.1) is 0 Å². The van der Waals surface area contributed by atoms with E-state index >= 15 is 0 Å². The Kier molecular flexibility index (Phi) is 6.56. The first-order chi connectivity index (χ1) is 20.5. The lowest BCUT2D eigenvalue weighted by Gasteiger charge is -2.59. The molecule has 2 aromatic carbocycles. The molecule has 8 rings (SSSR count). The fraction of sp³-hybridized carbons (Fsp3) is 0.472. The molecule has 1 saturated heterocycles. The van der Waals surface area contributed by atoms with Crippen LogP contribution in [0.15, 0.2) is 72.0 Å². The maximum absolute atomic E-state index is 13.4. The lowest BCUT2D eigenvalue weighted by Crippen LogP contribution is -2.63. The number of esters is 3. The largest absolute Gasteiger partial charge is 0.459 e. The topological polar surface area (TPSA) is 82.1 Å². The minimum atomic E-state index is -1.09. The normalized spacial score (nSPS) is 31.0. The maximum atomic E-state index is 13.4. The van der Waals surface area contributed by atoms with Crippen LogP contribution in [0, 0.1) is 23.7 Å². The van der Waals surface area contributed by atoms with Crippen LogP contribution in [0.5, 0.6) is 0 Å². The Morgan fingerprint density at radius 1 is 0.907 bits per heavy atom. The average molecular weight is 582 g/mol. The Hall–Kier alpha value is -3.87. The smallest absolute Gasteiger partial charge is 0.348 e. The zero-order valence-corrected chi connectivity index (χ0v) is 25.3. The second-order valence-electron chi connectivity index (χ2n) is 13.8. The van der Waals surface area contributed by atoms with E-state index in [9.17, 15) is 14.4 Å². The van der Waals surface area contributed by atoms with E-state index in [4.69, 9.17) is 14.2 Å². The van der Waals surface area contributed by atoms with Gasteiger partial charge >= 0.3 is 17.9 Å². The SMILES string of the molecule is CC(C)OC(=O)c1ccc(CN2/C(=C/C=C3C(=O)OC4(OC3=O)C3CC5CC(C3)CC4C5)C(C)(C)c3ccccc32)cc1. The molecule has 4 bridgehead atoms. The van der Waals surface area contributed by atoms with Crippen molar-refractivity contribution in [1.82, 2.24) is 0 Å². The second kappa shape index (κ2) is 10.1. The van der Waals surface area contributed by atoms with Crippen molar-refractivity contribution in [2.45, 2.75) is 83.6 Å². The molecule has 1 spiro atoms. The highest BCUT2D eigenvalue weighted by Gasteiger charge is 2.64. The summed E-state index contributed by atoms with van der Waals surface area (Å²) in [6, 6.07) is 15.7. The first-order valence-corrected chi connectivity index (χ1v) is 15.6. The van der Waals surface area contributed by atoms with Gasteiger partial charge in [-0.3, -0.25) is 0 Å². The number of rotatable bonds is 5. The van der Waals surface area contributed by atoms with Crippen LogP contribution in [0.1, 0.15) is 81.3 Å². The van der Waals surface area contributed by atoms with Crippen molar-refractivity contribution in [1.29, 1.82) is 0 Å². The number of benzene rings is 2. The summed E-state index contributed by atoms with van der Waals surface area (Å²) < 4.78 is 17.5. The molecule has 0 amide bonds. The van der Waals surface area contributed by atoms with Crippen molar-refractivity contribution in [3.05, 3.63) is 88.6 Å². The number of para-hydroxylation sites is 1. The minimum absolute atomic E-state index is 0.0633. The van der Waals surface area contributed by atoms with Gasteiger partial charge in [-0.1, -0.05) is 44.2 Å². The summed E-state index contributed by atoms with van der Waals surface area (Å²) in [6.45, 7) is 8.48. The van der Waals surface area contributed by atoms with Gasteiger partial charge in [0.1, 0.15) is 5.57 Å². The molecule has 5 fully saturated rings. The molecule has 0 atom stereocenters. The summed E-state index contributed by atoms with van der Waals surface area (Å²) in [5.41, 5.74) is 4.21. The third-order valence-electron chi connectivity index (χ3n) is 10.3. The maximum Gasteiger partial charge on any atom is 0.348 e. The molecule has 0 unspecified atom stereocenters. The van der Waals surface area contributed by atoms with Gasteiger partial charge in [0, 0.05) is 35.2 Å². The summed E-state index contributed by atoms with van der Waals surface area (Å²) in [4.78, 5) is 41.4. The average Bonchev–Trinajstić information content (AvgIpc) is 3.16. The molecule has 2 aliphatic heterocycles. The number of nitrogens with zero attached hydrogens (tertiary/aromatic N) is 1. The van der Waals surface area contributed by atoms with Gasteiger partial charge in [0.15, 0.2) is 0 Å². The molecular weight excluding hydrogens is 542 g/mol. The molecule has 7 nitrogen and oxygen atoms in total. The first-order valence-electron chi connectivity index (χ1n) is 15.6. The van der Waals surface area contributed by atoms with E-state index in [0.717, 1.165) is 48.2 Å². The van der Waals surface area contributed by atoms with E-state index < -0.39 is 17.7 Å². The molecule has 2 aromatic rings. The fourth-order valence-electron chi connectivity index (χ4n) is 8.50. The van der Waals surface area contributed by atoms with E-state index in [-0.39, 0.29) is 34.9 Å². The van der Waals surface area contributed by atoms with Gasteiger partial charge in [0.25, 0.3) is 5.79 Å². The highest BCUT2D eigenvalue weighted by atomic mass is 16.7. The van der Waals surface area contributed by atoms with Gasteiger partial charge in [-0.05, 0) is 99.3 Å². The van der Waals surface area contributed by atoms with Crippen molar-refractivity contribution in [3.63, 3.8) is 0 Å². The van der Waals surface area contributed by atoms with Gasteiger partial charge in [0.2, 0.25) is 0 Å². The Bertz CT molecular complexity index is 1500. The molecule has 4 aliphatic carbocycles. The summed E-state index contributed by atoms with van der Waals surface area (Å²) in [5.74, 6) is -1.06. The Morgan fingerprint density at radius 3 is 2.12 bits per heavy atom. The zero-order valence-electron chi connectivity index (χ0n) is 25.3. The predicted octanol–water partition coefficient (Wildman–Crippen LogP) is 6.61. The van der Waals surface area contributed by atoms with Crippen LogP contribution < -0.4 is 4.90 Å². The second-order valence-corrected chi connectivity index (χ2v) is 13.8. The van der Waals surface area contributed by atoms with E-state index in [1.54, 1.807) is 18.2 Å². The predicted molar refractivity (Wildman–Crippen MR) is 161 cm³/mol. The third kappa shape index (κ3) is 4.59. The number of carbonyl (C=O) groups is 3. The van der Waals surface area contributed by atoms with Crippen molar-refractivity contribution >= 4 is 23.6 Å². The Balaban J connectivity index is 1.17. The Morgan fingerprint density at radius 2 is 1.51 bits per heavy atom. The van der Waals surface area contributed by atoms with Gasteiger partial charge in [0.05, 0.1) is 11.7 Å². The number of anilines is 1. The number of hydrogen-bond donors (Lipinski definition) is 0. The van der Waals surface area contributed by atoms with Crippen molar-refractivity contribution in [3.8, 4) is 0 Å². The van der Waals surface area contributed by atoms with Crippen LogP contribution >= 0.6 is 0 Å². The molecule has 2 heterocycles. The van der Waals surface area contributed by atoms with Crippen molar-refractivity contribution < 1.29 is 28.6 Å². The molecular formula is C36H39NO6. The summed E-state index contributed by atoms with van der Waals surface area (Å²) in [6.07, 6.45) is 8.39. The molecule has 43 heavy (non-hydrogen) atoms. The van der Waals surface area contributed by atoms with E-state index in [1.807, 2.05) is 44.2 Å². The molecule has 0 radical (unpaired) electrons. The van der Waals surface area contributed by atoms with Crippen molar-refractivity contribution in [2.24, 2.45) is 23.7 Å². The quantitative estimate of drug-likeness (QED) is 0.223. The van der Waals surface area contributed by atoms with E-state index in [1.165, 1.54) is 6.42 Å². The highest BCUT2D eigenvalue weighted by molar-refractivity contribution is 6.15. The van der Waals surface area contributed by atoms with Crippen LogP contribution in [0.3, 0.4) is 0 Å². The van der Waals surface area contributed by atoms with Crippen molar-refractivity contribution in [2.75, 3.05) is 4.90 Å². The molecule has 0 aromatic heterocycles. The number of allylic oxidation sites excluding steroid dienone is 3. The number of fused-ring (bicyclic) bond motifs is 1. The first kappa shape index (κ1) is 27.9. The van der Waals surface area contributed by atoms with Crippen LogP contribution in [0.25, 0.3) is 0 Å². The number of hydrogen-bond acceptors (Lipinski definition) is 7. The molecule has 6 aliphatic rings. The van der Waals surface area contributed by atoms with Crippen LogP contribution in [-0.4, -0.2) is 29.8 Å². The zero-order chi connectivity index (χ0) is 30.1. The summed E-state index contributed by atoms with van der Waals surface area (Å²) in [7, 11) is 0. The van der Waals surface area contributed by atoms with Crippen LogP contribution in [0.2, 0.25) is 0 Å². The summed E-state index contributed by atoms with van der Waals surface area (Å²) >= 11 is 0. The van der Waals surface area contributed by atoms with Crippen LogP contribution in [0.4, 0.5) is 5.69 Å². The van der Waals surface area contributed by atoms with Gasteiger partial charge in [-0.25, -0.2) is 14.4 Å². The lowest BCUT2D eigenvalue weighted by atomic mass is 9.53. The highest BCUT2D eigenvalue weighted by Crippen LogP contribution is 2.61. The van der Waals surface area contributed by atoms with E-state index in [0.29, 0.717) is 23.9 Å². The van der Waals surface area contributed by atoms with Gasteiger partial charge < -0.3 is 19.1 Å². The summed E-state index contributed by atoms with van der Waals surface area (Å²) in [5, 5.41) is 0. The Labute approximate surface area is 252 Å². The molecule has 0 N–H and O–H groups in total. The molecule has 4 saturated carbocycles.